The molecule has 2 N–H and O–H groups in total. The molecule has 0 atom stereocenters. The maximum atomic E-state index is 12.6. The lowest BCUT2D eigenvalue weighted by Gasteiger charge is -2.32. The number of rotatable bonds is 7. The van der Waals surface area contributed by atoms with Gasteiger partial charge in [-0.2, -0.15) is 0 Å². The molecule has 1 fully saturated rings. The van der Waals surface area contributed by atoms with Crippen LogP contribution in [0.2, 0.25) is 0 Å². The first kappa shape index (κ1) is 20.8. The molecule has 29 heavy (non-hydrogen) atoms. The highest BCUT2D eigenvalue weighted by atomic mass is 16.2. The van der Waals surface area contributed by atoms with Crippen LogP contribution < -0.4 is 10.6 Å². The Bertz CT molecular complexity index is 894. The average Bonchev–Trinajstić information content (AvgIpc) is 3.17. The van der Waals surface area contributed by atoms with Crippen LogP contribution in [0.3, 0.4) is 0 Å². The molecule has 1 aliphatic carbocycles. The van der Waals surface area contributed by atoms with Gasteiger partial charge in [-0.15, -0.1) is 0 Å². The maximum Gasteiger partial charge on any atom is 0.247 e. The third-order valence-corrected chi connectivity index (χ3v) is 5.91. The summed E-state index contributed by atoms with van der Waals surface area (Å²) >= 11 is 0. The highest BCUT2D eigenvalue weighted by Crippen LogP contribution is 2.42. The van der Waals surface area contributed by atoms with Gasteiger partial charge in [-0.05, 0) is 61.6 Å². The largest absolute Gasteiger partial charge is 0.355 e. The SMILES string of the molecule is C=CC(=O)Nc1ccc(CC(=O)NCC2(c3ccc(C)cc3C)CCCC2)cc1. The molecule has 4 heteroatoms. The van der Waals surface area contributed by atoms with Crippen LogP contribution in [0.15, 0.2) is 55.1 Å². The van der Waals surface area contributed by atoms with Crippen LogP contribution in [-0.2, 0) is 21.4 Å². The lowest BCUT2D eigenvalue weighted by molar-refractivity contribution is -0.120. The second kappa shape index (κ2) is 9.08. The Labute approximate surface area is 173 Å². The van der Waals surface area contributed by atoms with Gasteiger partial charge in [0.1, 0.15) is 0 Å². The molecule has 0 heterocycles. The number of aryl methyl sites for hydroxylation is 2. The number of carbonyl (C=O) groups is 2. The van der Waals surface area contributed by atoms with Crippen LogP contribution >= 0.6 is 0 Å². The predicted molar refractivity (Wildman–Crippen MR) is 118 cm³/mol. The van der Waals surface area contributed by atoms with Gasteiger partial charge in [-0.1, -0.05) is 55.3 Å². The first-order chi connectivity index (χ1) is 13.9. The Hall–Kier alpha value is -2.88. The van der Waals surface area contributed by atoms with Gasteiger partial charge < -0.3 is 10.6 Å². The molecule has 2 aromatic rings. The standard InChI is InChI=1S/C25H30N2O2/c1-4-23(28)27-21-10-8-20(9-11-21)16-24(29)26-17-25(13-5-6-14-25)22-12-7-18(2)15-19(22)3/h4,7-12,15H,1,5-6,13-14,16-17H2,2-3H3,(H,26,29)(H,27,28). The van der Waals surface area contributed by atoms with Crippen molar-refractivity contribution in [1.29, 1.82) is 0 Å². The summed E-state index contributed by atoms with van der Waals surface area (Å²) in [6.07, 6.45) is 6.22. The smallest absolute Gasteiger partial charge is 0.247 e. The van der Waals surface area contributed by atoms with Crippen molar-refractivity contribution in [2.24, 2.45) is 0 Å². The van der Waals surface area contributed by atoms with E-state index in [9.17, 15) is 9.59 Å². The molecule has 0 aliphatic heterocycles. The molecule has 1 saturated carbocycles. The van der Waals surface area contributed by atoms with Gasteiger partial charge in [0.15, 0.2) is 0 Å². The molecule has 2 amide bonds. The van der Waals surface area contributed by atoms with Crippen molar-refractivity contribution in [3.8, 4) is 0 Å². The number of nitrogens with one attached hydrogen (secondary N) is 2. The fourth-order valence-corrected chi connectivity index (χ4v) is 4.42. The zero-order valence-electron chi connectivity index (χ0n) is 17.4. The van der Waals surface area contributed by atoms with Crippen molar-refractivity contribution in [2.75, 3.05) is 11.9 Å². The van der Waals surface area contributed by atoms with E-state index in [0.717, 1.165) is 18.4 Å². The third kappa shape index (κ3) is 5.14. The molecule has 0 aromatic heterocycles. The lowest BCUT2D eigenvalue weighted by atomic mass is 9.76. The second-order valence-electron chi connectivity index (χ2n) is 8.15. The highest BCUT2D eigenvalue weighted by Gasteiger charge is 2.36. The van der Waals surface area contributed by atoms with Crippen LogP contribution in [0, 0.1) is 13.8 Å². The molecule has 3 rings (SSSR count). The van der Waals surface area contributed by atoms with Crippen molar-refractivity contribution < 1.29 is 9.59 Å². The Balaban J connectivity index is 1.62. The summed E-state index contributed by atoms with van der Waals surface area (Å²) in [6, 6.07) is 14.0. The van der Waals surface area contributed by atoms with Crippen LogP contribution in [0.5, 0.6) is 0 Å². The molecule has 152 valence electrons. The van der Waals surface area contributed by atoms with Crippen LogP contribution in [0.1, 0.15) is 47.9 Å². The molecule has 4 nitrogen and oxygen atoms in total. The minimum Gasteiger partial charge on any atom is -0.355 e. The fourth-order valence-electron chi connectivity index (χ4n) is 4.42. The van der Waals surface area contributed by atoms with E-state index in [1.54, 1.807) is 12.1 Å². The van der Waals surface area contributed by atoms with Crippen molar-refractivity contribution in [1.82, 2.24) is 5.32 Å². The number of anilines is 1. The van der Waals surface area contributed by atoms with Gasteiger partial charge in [-0.3, -0.25) is 9.59 Å². The van der Waals surface area contributed by atoms with E-state index in [4.69, 9.17) is 0 Å². The van der Waals surface area contributed by atoms with Crippen molar-refractivity contribution in [2.45, 2.75) is 51.4 Å². The summed E-state index contributed by atoms with van der Waals surface area (Å²) in [6.45, 7) is 8.42. The Morgan fingerprint density at radius 1 is 1.07 bits per heavy atom. The molecule has 0 bridgehead atoms. The number of hydrogen-bond donors (Lipinski definition) is 2. The van der Waals surface area contributed by atoms with E-state index >= 15 is 0 Å². The Kier molecular flexibility index (Phi) is 6.53. The second-order valence-corrected chi connectivity index (χ2v) is 8.15. The molecule has 0 saturated heterocycles. The van der Waals surface area contributed by atoms with Crippen LogP contribution in [0.25, 0.3) is 0 Å². The van der Waals surface area contributed by atoms with Crippen LogP contribution in [-0.4, -0.2) is 18.4 Å². The Morgan fingerprint density at radius 2 is 1.76 bits per heavy atom. The van der Waals surface area contributed by atoms with Crippen molar-refractivity contribution in [3.63, 3.8) is 0 Å². The van der Waals surface area contributed by atoms with Gasteiger partial charge >= 0.3 is 0 Å². The zero-order valence-corrected chi connectivity index (χ0v) is 17.4. The predicted octanol–water partition coefficient (Wildman–Crippen LogP) is 4.60. The first-order valence-electron chi connectivity index (χ1n) is 10.3. The Morgan fingerprint density at radius 3 is 2.38 bits per heavy atom. The molecule has 0 unspecified atom stereocenters. The summed E-state index contributed by atoms with van der Waals surface area (Å²) in [5, 5.41) is 5.90. The van der Waals surface area contributed by atoms with E-state index in [0.29, 0.717) is 18.7 Å². The minimum absolute atomic E-state index is 0.0314. The lowest BCUT2D eigenvalue weighted by Crippen LogP contribution is -2.40. The molecule has 1 aliphatic rings. The van der Waals surface area contributed by atoms with Crippen molar-refractivity contribution >= 4 is 17.5 Å². The number of carbonyl (C=O) groups excluding carboxylic acids is 2. The molecular weight excluding hydrogens is 360 g/mol. The monoisotopic (exact) mass is 390 g/mol. The number of benzene rings is 2. The quantitative estimate of drug-likeness (QED) is 0.679. The van der Waals surface area contributed by atoms with Gasteiger partial charge in [0.05, 0.1) is 6.42 Å². The minimum atomic E-state index is -0.247. The highest BCUT2D eigenvalue weighted by molar-refractivity contribution is 5.98. The molecule has 0 spiro atoms. The first-order valence-corrected chi connectivity index (χ1v) is 10.3. The van der Waals surface area contributed by atoms with Crippen molar-refractivity contribution in [3.05, 3.63) is 77.4 Å². The van der Waals surface area contributed by atoms with E-state index in [1.165, 1.54) is 35.6 Å². The summed E-state index contributed by atoms with van der Waals surface area (Å²) in [7, 11) is 0. The van der Waals surface area contributed by atoms with E-state index in [2.05, 4.69) is 49.3 Å². The van der Waals surface area contributed by atoms with Crippen LogP contribution in [0.4, 0.5) is 5.69 Å². The van der Waals surface area contributed by atoms with E-state index < -0.39 is 0 Å². The summed E-state index contributed by atoms with van der Waals surface area (Å²) in [5.74, 6) is -0.215. The van der Waals surface area contributed by atoms with Gasteiger partial charge in [0, 0.05) is 17.6 Å². The third-order valence-electron chi connectivity index (χ3n) is 5.91. The summed E-state index contributed by atoms with van der Waals surface area (Å²) in [4.78, 5) is 23.9. The topological polar surface area (TPSA) is 58.2 Å². The van der Waals surface area contributed by atoms with E-state index in [-0.39, 0.29) is 17.2 Å². The summed E-state index contributed by atoms with van der Waals surface area (Å²) in [5.41, 5.74) is 5.63. The van der Waals surface area contributed by atoms with Gasteiger partial charge in [-0.25, -0.2) is 0 Å². The normalized spacial score (nSPS) is 15.0. The molecule has 0 radical (unpaired) electrons. The number of amides is 2. The summed E-state index contributed by atoms with van der Waals surface area (Å²) < 4.78 is 0. The average molecular weight is 391 g/mol. The maximum absolute atomic E-state index is 12.6. The zero-order chi connectivity index (χ0) is 20.9. The fraction of sp³-hybridized carbons (Fsp3) is 0.360. The molecular formula is C25H30N2O2. The molecule has 2 aromatic carbocycles. The van der Waals surface area contributed by atoms with Gasteiger partial charge in [0.25, 0.3) is 0 Å². The van der Waals surface area contributed by atoms with E-state index in [1.807, 2.05) is 12.1 Å². The number of hydrogen-bond acceptors (Lipinski definition) is 2. The van der Waals surface area contributed by atoms with Gasteiger partial charge in [0.2, 0.25) is 11.8 Å².